The third kappa shape index (κ3) is 3.40. The highest BCUT2D eigenvalue weighted by Gasteiger charge is 2.34. The van der Waals surface area contributed by atoms with Gasteiger partial charge in [0.05, 0.1) is 18.4 Å². The minimum atomic E-state index is -0.312. The van der Waals surface area contributed by atoms with Gasteiger partial charge in [0.2, 0.25) is 0 Å². The number of anilines is 1. The van der Waals surface area contributed by atoms with Gasteiger partial charge in [0.25, 0.3) is 0 Å². The highest BCUT2D eigenvalue weighted by Crippen LogP contribution is 2.33. The average Bonchev–Trinajstić information content (AvgIpc) is 2.25. The predicted octanol–water partition coefficient (Wildman–Crippen LogP) is 1.97. The molecule has 0 aliphatic heterocycles. The van der Waals surface area contributed by atoms with Gasteiger partial charge in [-0.1, -0.05) is 26.0 Å². The molecule has 1 aromatic carbocycles. The Hall–Kier alpha value is -0.725. The van der Waals surface area contributed by atoms with E-state index >= 15 is 0 Å². The lowest BCUT2D eigenvalue weighted by Crippen LogP contribution is -2.45. The molecule has 0 spiro atoms. The zero-order valence-corrected chi connectivity index (χ0v) is 12.9. The lowest BCUT2D eigenvalue weighted by atomic mass is 9.83. The maximum atomic E-state index is 5.90. The van der Waals surface area contributed by atoms with E-state index in [2.05, 4.69) is 36.9 Å². The van der Waals surface area contributed by atoms with Crippen molar-refractivity contribution >= 4 is 27.9 Å². The fraction of sp³-hybridized carbons (Fsp3) is 0.538. The summed E-state index contributed by atoms with van der Waals surface area (Å²) in [5, 5.41) is -0.0446. The summed E-state index contributed by atoms with van der Waals surface area (Å²) >= 11 is 0. The predicted molar refractivity (Wildman–Crippen MR) is 81.7 cm³/mol. The van der Waals surface area contributed by atoms with Crippen molar-refractivity contribution in [3.8, 4) is 5.75 Å². The van der Waals surface area contributed by atoms with E-state index in [1.807, 2.05) is 12.1 Å². The first-order valence-corrected chi connectivity index (χ1v) is 6.49. The normalized spacial score (nSPS) is 12.3. The van der Waals surface area contributed by atoms with Gasteiger partial charge in [-0.15, -0.1) is 9.24 Å². The van der Waals surface area contributed by atoms with Gasteiger partial charge in [-0.25, -0.2) is 0 Å². The Morgan fingerprint density at radius 2 is 1.83 bits per heavy atom. The number of nitrogens with two attached hydrogens (primary N) is 1. The summed E-state index contributed by atoms with van der Waals surface area (Å²) in [5.41, 5.74) is 7.00. The Bertz CT molecular complexity index is 416. The summed E-state index contributed by atoms with van der Waals surface area (Å²) in [7, 11) is 6.12. The van der Waals surface area contributed by atoms with Crippen molar-refractivity contribution in [3.63, 3.8) is 0 Å². The molecule has 1 unspecified atom stereocenters. The molecule has 0 heterocycles. The van der Waals surface area contributed by atoms with Crippen molar-refractivity contribution in [3.05, 3.63) is 18.2 Å². The van der Waals surface area contributed by atoms with Crippen molar-refractivity contribution in [2.75, 3.05) is 12.8 Å². The second kappa shape index (κ2) is 5.50. The van der Waals surface area contributed by atoms with Crippen LogP contribution in [0, 0.1) is 0 Å². The van der Waals surface area contributed by atoms with Crippen LogP contribution in [0.5, 0.6) is 5.75 Å². The second-order valence-electron chi connectivity index (χ2n) is 5.44. The summed E-state index contributed by atoms with van der Waals surface area (Å²) in [6.07, 6.45) is 0. The van der Waals surface area contributed by atoms with Crippen molar-refractivity contribution in [1.82, 2.24) is 0 Å². The fourth-order valence-corrected chi connectivity index (χ4v) is 1.33. The maximum absolute atomic E-state index is 5.90. The minimum Gasteiger partial charge on any atom is -0.495 e. The van der Waals surface area contributed by atoms with Crippen LogP contribution in [0.1, 0.15) is 27.7 Å². The van der Waals surface area contributed by atoms with Gasteiger partial charge < -0.3 is 15.1 Å². The summed E-state index contributed by atoms with van der Waals surface area (Å²) in [4.78, 5) is 0. The highest BCUT2D eigenvalue weighted by atomic mass is 31.0. The minimum absolute atomic E-state index is 0.0446. The maximum Gasteiger partial charge on any atom is 0.334 e. The third-order valence-electron chi connectivity index (χ3n) is 3.31. The van der Waals surface area contributed by atoms with E-state index in [0.717, 1.165) is 5.46 Å². The monoisotopic (exact) mass is 266 g/mol. The first-order chi connectivity index (χ1) is 8.19. The average molecular weight is 266 g/mol. The molecule has 3 nitrogen and oxygen atoms in total. The molecule has 18 heavy (non-hydrogen) atoms. The summed E-state index contributed by atoms with van der Waals surface area (Å²) in [6.45, 7) is 8.33. The molecular formula is C13H22BNO2P. The highest BCUT2D eigenvalue weighted by molar-refractivity contribution is 7.19. The Kier molecular flexibility index (Phi) is 4.69. The van der Waals surface area contributed by atoms with Gasteiger partial charge in [-0.05, 0) is 25.4 Å². The van der Waals surface area contributed by atoms with Gasteiger partial charge in [-0.2, -0.15) is 0 Å². The Labute approximate surface area is 113 Å². The van der Waals surface area contributed by atoms with Crippen LogP contribution in [0.3, 0.4) is 0 Å². The van der Waals surface area contributed by atoms with Crippen LogP contribution in [0.25, 0.3) is 0 Å². The van der Waals surface area contributed by atoms with E-state index in [-0.39, 0.29) is 10.8 Å². The molecule has 99 valence electrons. The number of para-hydroxylation sites is 1. The largest absolute Gasteiger partial charge is 0.495 e. The molecule has 0 saturated heterocycles. The standard InChI is InChI=1S/C13H22BNO2P/c1-12(2,13(3,4)18)17-14-9-7-6-8-10(15)11(9)16-5/h6-8H,15,18H2,1-5H3. The Morgan fingerprint density at radius 3 is 2.33 bits per heavy atom. The SMILES string of the molecule is COc1c(N)cccc1[B]OC(C)(C)C(C)(C)P. The van der Waals surface area contributed by atoms with Crippen LogP contribution >= 0.6 is 9.24 Å². The molecule has 0 bridgehead atoms. The summed E-state index contributed by atoms with van der Waals surface area (Å²) in [6, 6.07) is 5.61. The van der Waals surface area contributed by atoms with Gasteiger partial charge in [0, 0.05) is 5.16 Å². The molecule has 1 atom stereocenters. The molecule has 2 N–H and O–H groups in total. The number of hydrogen-bond acceptors (Lipinski definition) is 3. The molecular weight excluding hydrogens is 244 g/mol. The molecule has 0 saturated carbocycles. The van der Waals surface area contributed by atoms with Crippen LogP contribution < -0.4 is 15.9 Å². The van der Waals surface area contributed by atoms with E-state index in [0.29, 0.717) is 11.4 Å². The van der Waals surface area contributed by atoms with Gasteiger partial charge in [0.1, 0.15) is 5.75 Å². The third-order valence-corrected chi connectivity index (χ3v) is 4.01. The lowest BCUT2D eigenvalue weighted by molar-refractivity contribution is 0.0840. The molecule has 5 heteroatoms. The Balaban J connectivity index is 2.85. The van der Waals surface area contributed by atoms with Crippen molar-refractivity contribution in [1.29, 1.82) is 0 Å². The quantitative estimate of drug-likeness (QED) is 0.503. The number of rotatable bonds is 5. The molecule has 0 aromatic heterocycles. The molecule has 1 radical (unpaired) electrons. The topological polar surface area (TPSA) is 44.5 Å². The van der Waals surface area contributed by atoms with E-state index in [1.54, 1.807) is 20.7 Å². The van der Waals surface area contributed by atoms with E-state index in [9.17, 15) is 0 Å². The van der Waals surface area contributed by atoms with Crippen molar-refractivity contribution in [2.24, 2.45) is 0 Å². The van der Waals surface area contributed by atoms with Crippen LogP contribution in [-0.2, 0) is 4.65 Å². The van der Waals surface area contributed by atoms with Crippen LogP contribution in [-0.4, -0.2) is 25.3 Å². The Morgan fingerprint density at radius 1 is 1.22 bits per heavy atom. The van der Waals surface area contributed by atoms with Crippen molar-refractivity contribution in [2.45, 2.75) is 38.5 Å². The number of ether oxygens (including phenoxy) is 1. The summed E-state index contributed by atoms with van der Waals surface area (Å²) < 4.78 is 11.2. The van der Waals surface area contributed by atoms with Gasteiger partial charge >= 0.3 is 7.48 Å². The number of hydrogen-bond donors (Lipinski definition) is 1. The van der Waals surface area contributed by atoms with Crippen molar-refractivity contribution < 1.29 is 9.39 Å². The first-order valence-electron chi connectivity index (χ1n) is 5.91. The molecule has 1 rings (SSSR count). The first kappa shape index (κ1) is 15.3. The van der Waals surface area contributed by atoms with Crippen LogP contribution in [0.2, 0.25) is 0 Å². The second-order valence-corrected chi connectivity index (χ2v) is 6.88. The molecule has 0 fully saturated rings. The molecule has 0 aliphatic rings. The number of benzene rings is 1. The molecule has 1 aromatic rings. The van der Waals surface area contributed by atoms with E-state index in [4.69, 9.17) is 15.1 Å². The fourth-order valence-electron chi connectivity index (χ4n) is 1.26. The lowest BCUT2D eigenvalue weighted by Gasteiger charge is -2.39. The zero-order chi connectivity index (χ0) is 14.0. The molecule has 0 aliphatic carbocycles. The molecule has 0 amide bonds. The van der Waals surface area contributed by atoms with E-state index < -0.39 is 0 Å². The van der Waals surface area contributed by atoms with Gasteiger partial charge in [-0.3, -0.25) is 0 Å². The van der Waals surface area contributed by atoms with Crippen LogP contribution in [0.4, 0.5) is 5.69 Å². The number of nitrogen functional groups attached to an aromatic ring is 1. The number of methoxy groups -OCH3 is 1. The van der Waals surface area contributed by atoms with Gasteiger partial charge in [0.15, 0.2) is 0 Å². The zero-order valence-electron chi connectivity index (χ0n) is 11.8. The summed E-state index contributed by atoms with van der Waals surface area (Å²) in [5.74, 6) is 0.648. The van der Waals surface area contributed by atoms with E-state index in [1.165, 1.54) is 0 Å². The van der Waals surface area contributed by atoms with Crippen LogP contribution in [0.15, 0.2) is 18.2 Å². The smallest absolute Gasteiger partial charge is 0.334 e.